The van der Waals surface area contributed by atoms with E-state index in [1.165, 1.54) is 4.90 Å². The fraction of sp³-hybridized carbons (Fsp3) is 0.333. The zero-order chi connectivity index (χ0) is 15.7. The molecule has 0 aliphatic heterocycles. The molecule has 0 unspecified atom stereocenters. The van der Waals surface area contributed by atoms with Crippen LogP contribution in [0.15, 0.2) is 27.1 Å². The van der Waals surface area contributed by atoms with Crippen molar-refractivity contribution >= 4 is 38.8 Å². The van der Waals surface area contributed by atoms with Crippen LogP contribution in [0.3, 0.4) is 0 Å². The van der Waals surface area contributed by atoms with Crippen molar-refractivity contribution < 1.29 is 19.1 Å². The third-order valence-electron chi connectivity index (χ3n) is 3.12. The molecule has 0 radical (unpaired) electrons. The summed E-state index contributed by atoms with van der Waals surface area (Å²) in [5.41, 5.74) is 1.63. The van der Waals surface area contributed by atoms with E-state index in [0.29, 0.717) is 5.58 Å². The first-order chi connectivity index (χ1) is 9.79. The number of rotatable bonds is 4. The van der Waals surface area contributed by atoms with Crippen molar-refractivity contribution in [3.05, 3.63) is 34.0 Å². The maximum Gasteiger partial charge on any atom is 0.323 e. The van der Waals surface area contributed by atoms with Gasteiger partial charge in [0.15, 0.2) is 5.76 Å². The zero-order valence-electron chi connectivity index (χ0n) is 12.0. The minimum Gasteiger partial charge on any atom is -0.480 e. The van der Waals surface area contributed by atoms with E-state index in [-0.39, 0.29) is 18.3 Å². The maximum absolute atomic E-state index is 12.4. The molecule has 21 heavy (non-hydrogen) atoms. The molecule has 2 aromatic rings. The highest BCUT2D eigenvalue weighted by atomic mass is 79.9. The molecule has 112 valence electrons. The van der Waals surface area contributed by atoms with Crippen LogP contribution in [0.2, 0.25) is 0 Å². The Kier molecular flexibility index (Phi) is 4.37. The summed E-state index contributed by atoms with van der Waals surface area (Å²) in [5.74, 6) is -1.33. The maximum atomic E-state index is 12.4. The molecule has 0 fully saturated rings. The monoisotopic (exact) mass is 353 g/mol. The van der Waals surface area contributed by atoms with E-state index in [0.717, 1.165) is 15.4 Å². The first kappa shape index (κ1) is 15.6. The minimum atomic E-state index is -1.05. The molecular formula is C15H16BrNO4. The van der Waals surface area contributed by atoms with Crippen LogP contribution in [0.25, 0.3) is 11.0 Å². The van der Waals surface area contributed by atoms with Gasteiger partial charge >= 0.3 is 5.97 Å². The normalized spacial score (nSPS) is 11.1. The lowest BCUT2D eigenvalue weighted by Crippen LogP contribution is -2.40. The number of furan rings is 1. The number of carbonyl (C=O) groups is 2. The Hall–Kier alpha value is -1.82. The number of benzene rings is 1. The van der Waals surface area contributed by atoms with Gasteiger partial charge in [-0.2, -0.15) is 0 Å². The Bertz CT molecular complexity index is 705. The van der Waals surface area contributed by atoms with Gasteiger partial charge in [-0.15, -0.1) is 0 Å². The van der Waals surface area contributed by atoms with Crippen molar-refractivity contribution in [3.8, 4) is 0 Å². The number of aryl methyl sites for hydroxylation is 1. The lowest BCUT2D eigenvalue weighted by molar-refractivity contribution is -0.138. The van der Waals surface area contributed by atoms with Crippen molar-refractivity contribution in [1.29, 1.82) is 0 Å². The quantitative estimate of drug-likeness (QED) is 0.913. The van der Waals surface area contributed by atoms with Crippen LogP contribution in [-0.2, 0) is 4.79 Å². The predicted molar refractivity (Wildman–Crippen MR) is 82.5 cm³/mol. The van der Waals surface area contributed by atoms with Crippen molar-refractivity contribution in [3.63, 3.8) is 0 Å². The largest absolute Gasteiger partial charge is 0.480 e. The van der Waals surface area contributed by atoms with Crippen LogP contribution < -0.4 is 0 Å². The van der Waals surface area contributed by atoms with Crippen molar-refractivity contribution in [2.45, 2.75) is 26.8 Å². The molecule has 0 aliphatic carbocycles. The second kappa shape index (κ2) is 5.89. The summed E-state index contributed by atoms with van der Waals surface area (Å²) in [7, 11) is 0. The molecule has 0 aliphatic rings. The summed E-state index contributed by atoms with van der Waals surface area (Å²) in [5, 5.41) is 9.73. The van der Waals surface area contributed by atoms with E-state index in [4.69, 9.17) is 9.52 Å². The molecular weight excluding hydrogens is 338 g/mol. The fourth-order valence-corrected chi connectivity index (χ4v) is 2.80. The van der Waals surface area contributed by atoms with Crippen LogP contribution in [0.4, 0.5) is 0 Å². The lowest BCUT2D eigenvalue weighted by Gasteiger charge is -2.23. The van der Waals surface area contributed by atoms with Crippen LogP contribution in [0.1, 0.15) is 30.0 Å². The average Bonchev–Trinajstić information content (AvgIpc) is 2.78. The minimum absolute atomic E-state index is 0.145. The summed E-state index contributed by atoms with van der Waals surface area (Å²) < 4.78 is 6.37. The highest BCUT2D eigenvalue weighted by Crippen LogP contribution is 2.29. The summed E-state index contributed by atoms with van der Waals surface area (Å²) >= 11 is 3.40. The summed E-state index contributed by atoms with van der Waals surface area (Å²) in [6, 6.07) is 5.23. The number of aliphatic carboxylic acids is 1. The molecule has 0 saturated heterocycles. The molecule has 2 rings (SSSR count). The van der Waals surface area contributed by atoms with Crippen LogP contribution >= 0.6 is 15.9 Å². The molecule has 0 atom stereocenters. The molecule has 5 nitrogen and oxygen atoms in total. The first-order valence-corrected chi connectivity index (χ1v) is 7.31. The molecule has 1 aromatic carbocycles. The van der Waals surface area contributed by atoms with Gasteiger partial charge in [0, 0.05) is 11.4 Å². The van der Waals surface area contributed by atoms with E-state index >= 15 is 0 Å². The molecule has 1 N–H and O–H groups in total. The van der Waals surface area contributed by atoms with Gasteiger partial charge in [0.25, 0.3) is 5.91 Å². The Morgan fingerprint density at radius 3 is 2.57 bits per heavy atom. The van der Waals surface area contributed by atoms with Gasteiger partial charge in [-0.3, -0.25) is 9.59 Å². The number of hydrogen-bond acceptors (Lipinski definition) is 3. The Balaban J connectivity index is 2.42. The van der Waals surface area contributed by atoms with E-state index in [2.05, 4.69) is 15.9 Å². The van der Waals surface area contributed by atoms with Crippen LogP contribution in [0, 0.1) is 6.92 Å². The third kappa shape index (κ3) is 3.26. The topological polar surface area (TPSA) is 70.8 Å². The molecule has 6 heteroatoms. The SMILES string of the molecule is Cc1cc(Br)c2oc(C(=O)N(CC(=O)O)C(C)C)cc2c1. The van der Waals surface area contributed by atoms with Gasteiger partial charge in [-0.05, 0) is 60.5 Å². The number of nitrogens with zero attached hydrogens (tertiary/aromatic N) is 1. The van der Waals surface area contributed by atoms with Gasteiger partial charge < -0.3 is 14.4 Å². The highest BCUT2D eigenvalue weighted by Gasteiger charge is 2.24. The van der Waals surface area contributed by atoms with E-state index in [1.807, 2.05) is 19.1 Å². The average molecular weight is 354 g/mol. The standard InChI is InChI=1S/C15H16BrNO4/c1-8(2)17(7-13(18)19)15(20)12-6-10-4-9(3)5-11(16)14(10)21-12/h4-6,8H,7H2,1-3H3,(H,18,19). The van der Waals surface area contributed by atoms with Crippen molar-refractivity contribution in [2.24, 2.45) is 0 Å². The zero-order valence-corrected chi connectivity index (χ0v) is 13.6. The predicted octanol–water partition coefficient (Wildman–Crippen LogP) is 3.44. The smallest absolute Gasteiger partial charge is 0.323 e. The highest BCUT2D eigenvalue weighted by molar-refractivity contribution is 9.10. The van der Waals surface area contributed by atoms with Gasteiger partial charge in [0.1, 0.15) is 12.1 Å². The lowest BCUT2D eigenvalue weighted by atomic mass is 10.2. The molecule has 1 aromatic heterocycles. The molecule has 0 saturated carbocycles. The third-order valence-corrected chi connectivity index (χ3v) is 3.70. The van der Waals surface area contributed by atoms with Crippen LogP contribution in [-0.4, -0.2) is 34.5 Å². The molecule has 0 spiro atoms. The van der Waals surface area contributed by atoms with Gasteiger partial charge in [-0.25, -0.2) is 0 Å². The fourth-order valence-electron chi connectivity index (χ4n) is 2.13. The number of carbonyl (C=O) groups excluding carboxylic acids is 1. The molecule has 1 amide bonds. The van der Waals surface area contributed by atoms with Crippen molar-refractivity contribution in [1.82, 2.24) is 4.90 Å². The number of fused-ring (bicyclic) bond motifs is 1. The second-order valence-corrected chi connectivity index (χ2v) is 6.05. The van der Waals surface area contributed by atoms with Crippen LogP contribution in [0.5, 0.6) is 0 Å². The number of carboxylic acid groups (broad SMARTS) is 1. The van der Waals surface area contributed by atoms with E-state index in [1.54, 1.807) is 19.9 Å². The Morgan fingerprint density at radius 1 is 1.33 bits per heavy atom. The molecule has 1 heterocycles. The van der Waals surface area contributed by atoms with E-state index in [9.17, 15) is 9.59 Å². The second-order valence-electron chi connectivity index (χ2n) is 5.20. The number of amides is 1. The van der Waals surface area contributed by atoms with E-state index < -0.39 is 11.9 Å². The number of carboxylic acids is 1. The number of hydrogen-bond donors (Lipinski definition) is 1. The summed E-state index contributed by atoms with van der Waals surface area (Å²) in [4.78, 5) is 24.6. The summed E-state index contributed by atoms with van der Waals surface area (Å²) in [6.45, 7) is 5.13. The van der Waals surface area contributed by atoms with Gasteiger partial charge in [0.05, 0.1) is 4.47 Å². The van der Waals surface area contributed by atoms with Gasteiger partial charge in [-0.1, -0.05) is 0 Å². The van der Waals surface area contributed by atoms with Gasteiger partial charge in [0.2, 0.25) is 0 Å². The Morgan fingerprint density at radius 2 is 2.00 bits per heavy atom. The molecule has 0 bridgehead atoms. The first-order valence-electron chi connectivity index (χ1n) is 6.52. The summed E-state index contributed by atoms with van der Waals surface area (Å²) in [6.07, 6.45) is 0. The number of halogens is 1. The Labute approximate surface area is 130 Å². The van der Waals surface area contributed by atoms with Crippen molar-refractivity contribution in [2.75, 3.05) is 6.54 Å².